The number of carboxylic acid groups (broad SMARTS) is 1. The Labute approximate surface area is 110 Å². The minimum Gasteiger partial charge on any atom is -0.480 e. The Bertz CT molecular complexity index is 471. The standard InChI is InChI=1S/C12H17N3O4/c1-8-6-10(14-19-8)13-11(16)7-15-5-3-2-4-9(15)12(17)18/h6,9H,2-5,7H2,1H3,(H,17,18)(H,13,14,16). The third-order valence-corrected chi connectivity index (χ3v) is 3.14. The van der Waals surface area contributed by atoms with Gasteiger partial charge in [0.1, 0.15) is 11.8 Å². The Balaban J connectivity index is 1.91. The number of carbonyl (C=O) groups excluding carboxylic acids is 1. The number of amides is 1. The Morgan fingerprint density at radius 2 is 2.37 bits per heavy atom. The summed E-state index contributed by atoms with van der Waals surface area (Å²) >= 11 is 0. The van der Waals surface area contributed by atoms with E-state index >= 15 is 0 Å². The summed E-state index contributed by atoms with van der Waals surface area (Å²) in [7, 11) is 0. The Morgan fingerprint density at radius 3 is 3.00 bits per heavy atom. The lowest BCUT2D eigenvalue weighted by Gasteiger charge is -2.31. The van der Waals surface area contributed by atoms with E-state index in [1.807, 2.05) is 0 Å². The molecule has 2 heterocycles. The zero-order valence-electron chi connectivity index (χ0n) is 10.8. The first-order valence-electron chi connectivity index (χ1n) is 6.26. The van der Waals surface area contributed by atoms with E-state index in [4.69, 9.17) is 9.63 Å². The molecule has 0 aromatic carbocycles. The van der Waals surface area contributed by atoms with Crippen LogP contribution >= 0.6 is 0 Å². The molecule has 1 saturated heterocycles. The third-order valence-electron chi connectivity index (χ3n) is 3.14. The molecule has 0 radical (unpaired) electrons. The van der Waals surface area contributed by atoms with Crippen molar-refractivity contribution < 1.29 is 19.2 Å². The van der Waals surface area contributed by atoms with Gasteiger partial charge in [-0.3, -0.25) is 14.5 Å². The summed E-state index contributed by atoms with van der Waals surface area (Å²) in [6.45, 7) is 2.42. The van der Waals surface area contributed by atoms with Crippen LogP contribution in [0, 0.1) is 6.92 Å². The molecule has 1 aromatic heterocycles. The number of likely N-dealkylation sites (tertiary alicyclic amines) is 1. The van der Waals surface area contributed by atoms with Crippen molar-refractivity contribution in [1.29, 1.82) is 0 Å². The van der Waals surface area contributed by atoms with Crippen molar-refractivity contribution in [1.82, 2.24) is 10.1 Å². The molecule has 19 heavy (non-hydrogen) atoms. The highest BCUT2D eigenvalue weighted by Gasteiger charge is 2.29. The van der Waals surface area contributed by atoms with Crippen molar-refractivity contribution in [3.8, 4) is 0 Å². The predicted octanol–water partition coefficient (Wildman–Crippen LogP) is 0.861. The zero-order valence-corrected chi connectivity index (χ0v) is 10.8. The van der Waals surface area contributed by atoms with Gasteiger partial charge in [0.15, 0.2) is 5.82 Å². The number of aliphatic carboxylic acids is 1. The normalized spacial score (nSPS) is 20.2. The fourth-order valence-electron chi connectivity index (χ4n) is 2.25. The van der Waals surface area contributed by atoms with E-state index in [9.17, 15) is 9.59 Å². The Kier molecular flexibility index (Phi) is 4.16. The summed E-state index contributed by atoms with van der Waals surface area (Å²) < 4.78 is 4.84. The van der Waals surface area contributed by atoms with Gasteiger partial charge in [0.2, 0.25) is 5.91 Å². The van der Waals surface area contributed by atoms with Crippen LogP contribution in [-0.4, -0.2) is 46.2 Å². The molecule has 0 spiro atoms. The van der Waals surface area contributed by atoms with E-state index < -0.39 is 12.0 Å². The van der Waals surface area contributed by atoms with Gasteiger partial charge in [0.25, 0.3) is 0 Å². The van der Waals surface area contributed by atoms with E-state index in [0.29, 0.717) is 24.5 Å². The number of nitrogens with one attached hydrogen (secondary N) is 1. The van der Waals surface area contributed by atoms with Crippen LogP contribution in [0.2, 0.25) is 0 Å². The van der Waals surface area contributed by atoms with Crippen molar-refractivity contribution in [2.75, 3.05) is 18.4 Å². The number of aromatic nitrogens is 1. The molecule has 7 heteroatoms. The highest BCUT2D eigenvalue weighted by atomic mass is 16.5. The lowest BCUT2D eigenvalue weighted by Crippen LogP contribution is -2.47. The minimum atomic E-state index is -0.871. The van der Waals surface area contributed by atoms with Crippen LogP contribution in [0.25, 0.3) is 0 Å². The van der Waals surface area contributed by atoms with Gasteiger partial charge in [-0.2, -0.15) is 0 Å². The van der Waals surface area contributed by atoms with Crippen molar-refractivity contribution in [2.24, 2.45) is 0 Å². The van der Waals surface area contributed by atoms with Gasteiger partial charge in [-0.1, -0.05) is 11.6 Å². The van der Waals surface area contributed by atoms with Crippen LogP contribution in [0.4, 0.5) is 5.82 Å². The number of aryl methyl sites for hydroxylation is 1. The minimum absolute atomic E-state index is 0.0584. The molecule has 0 aliphatic carbocycles. The van der Waals surface area contributed by atoms with Crippen LogP contribution in [-0.2, 0) is 9.59 Å². The van der Waals surface area contributed by atoms with Crippen molar-refractivity contribution in [2.45, 2.75) is 32.2 Å². The average molecular weight is 267 g/mol. The third kappa shape index (κ3) is 3.54. The highest BCUT2D eigenvalue weighted by molar-refractivity contribution is 5.91. The second kappa shape index (κ2) is 5.83. The SMILES string of the molecule is Cc1cc(NC(=O)CN2CCCCC2C(=O)O)no1. The number of carboxylic acids is 1. The molecule has 0 saturated carbocycles. The monoisotopic (exact) mass is 267 g/mol. The van der Waals surface area contributed by atoms with E-state index in [2.05, 4.69) is 10.5 Å². The van der Waals surface area contributed by atoms with Gasteiger partial charge in [-0.25, -0.2) is 0 Å². The van der Waals surface area contributed by atoms with Gasteiger partial charge < -0.3 is 14.9 Å². The van der Waals surface area contributed by atoms with Crippen LogP contribution < -0.4 is 5.32 Å². The first-order valence-corrected chi connectivity index (χ1v) is 6.26. The predicted molar refractivity (Wildman–Crippen MR) is 66.7 cm³/mol. The molecule has 1 atom stereocenters. The van der Waals surface area contributed by atoms with Gasteiger partial charge in [0, 0.05) is 6.07 Å². The largest absolute Gasteiger partial charge is 0.480 e. The van der Waals surface area contributed by atoms with Crippen LogP contribution in [0.1, 0.15) is 25.0 Å². The van der Waals surface area contributed by atoms with Crippen molar-refractivity contribution >= 4 is 17.7 Å². The number of piperidine rings is 1. The summed E-state index contributed by atoms with van der Waals surface area (Å²) in [4.78, 5) is 24.6. The molecular weight excluding hydrogens is 250 g/mol. The zero-order chi connectivity index (χ0) is 13.8. The Morgan fingerprint density at radius 1 is 1.58 bits per heavy atom. The molecule has 1 aromatic rings. The molecule has 7 nitrogen and oxygen atoms in total. The van der Waals surface area contributed by atoms with Crippen molar-refractivity contribution in [3.63, 3.8) is 0 Å². The summed E-state index contributed by atoms with van der Waals surface area (Å²) in [6, 6.07) is 1.04. The summed E-state index contributed by atoms with van der Waals surface area (Å²) in [5.74, 6) is -0.186. The molecule has 0 bridgehead atoms. The fraction of sp³-hybridized carbons (Fsp3) is 0.583. The van der Waals surface area contributed by atoms with Crippen LogP contribution in [0.5, 0.6) is 0 Å². The fourth-order valence-corrected chi connectivity index (χ4v) is 2.25. The number of carbonyl (C=O) groups is 2. The lowest BCUT2D eigenvalue weighted by atomic mass is 10.0. The number of nitrogens with zero attached hydrogens (tertiary/aromatic N) is 2. The molecule has 1 amide bonds. The van der Waals surface area contributed by atoms with Gasteiger partial charge in [-0.05, 0) is 26.3 Å². The van der Waals surface area contributed by atoms with Crippen LogP contribution in [0.3, 0.4) is 0 Å². The summed E-state index contributed by atoms with van der Waals surface area (Å²) in [5.41, 5.74) is 0. The van der Waals surface area contributed by atoms with Gasteiger partial charge in [0.05, 0.1) is 6.54 Å². The highest BCUT2D eigenvalue weighted by Crippen LogP contribution is 2.17. The quantitative estimate of drug-likeness (QED) is 0.840. The van der Waals surface area contributed by atoms with E-state index in [1.165, 1.54) is 0 Å². The van der Waals surface area contributed by atoms with E-state index in [0.717, 1.165) is 12.8 Å². The molecule has 1 fully saturated rings. The number of hydrogen-bond donors (Lipinski definition) is 2. The van der Waals surface area contributed by atoms with Gasteiger partial charge in [-0.15, -0.1) is 0 Å². The smallest absolute Gasteiger partial charge is 0.320 e. The maximum atomic E-state index is 11.8. The number of hydrogen-bond acceptors (Lipinski definition) is 5. The second-order valence-corrected chi connectivity index (χ2v) is 4.69. The molecule has 2 rings (SSSR count). The average Bonchev–Trinajstić information content (AvgIpc) is 2.75. The molecule has 1 aliphatic rings. The number of rotatable bonds is 4. The van der Waals surface area contributed by atoms with Gasteiger partial charge >= 0.3 is 5.97 Å². The molecule has 1 unspecified atom stereocenters. The van der Waals surface area contributed by atoms with Crippen molar-refractivity contribution in [3.05, 3.63) is 11.8 Å². The van der Waals surface area contributed by atoms with Crippen LogP contribution in [0.15, 0.2) is 10.6 Å². The maximum Gasteiger partial charge on any atom is 0.320 e. The first-order chi connectivity index (χ1) is 9.06. The van der Waals surface area contributed by atoms with E-state index in [1.54, 1.807) is 17.9 Å². The topological polar surface area (TPSA) is 95.7 Å². The lowest BCUT2D eigenvalue weighted by molar-refractivity contribution is -0.145. The summed E-state index contributed by atoms with van der Waals surface area (Å²) in [5, 5.41) is 15.4. The first kappa shape index (κ1) is 13.5. The molecule has 104 valence electrons. The molecular formula is C12H17N3O4. The number of anilines is 1. The Hall–Kier alpha value is -1.89. The maximum absolute atomic E-state index is 11.8. The second-order valence-electron chi connectivity index (χ2n) is 4.69. The summed E-state index contributed by atoms with van der Waals surface area (Å²) in [6.07, 6.45) is 2.39. The molecule has 1 aliphatic heterocycles. The van der Waals surface area contributed by atoms with E-state index in [-0.39, 0.29) is 12.5 Å². The molecule has 2 N–H and O–H groups in total.